The van der Waals surface area contributed by atoms with Gasteiger partial charge >= 0.3 is 0 Å². The minimum atomic E-state index is -0.981. The maximum absolute atomic E-state index is 13.0. The van der Waals surface area contributed by atoms with Gasteiger partial charge in [-0.15, -0.1) is 0 Å². The monoisotopic (exact) mass is 289 g/mol. The van der Waals surface area contributed by atoms with Crippen LogP contribution in [0.3, 0.4) is 0 Å². The van der Waals surface area contributed by atoms with Crippen LogP contribution in [-0.2, 0) is 5.60 Å². The lowest BCUT2D eigenvalue weighted by Crippen LogP contribution is -2.35. The second-order valence-corrected chi connectivity index (χ2v) is 4.93. The lowest BCUT2D eigenvalue weighted by molar-refractivity contribution is 0.0571. The van der Waals surface area contributed by atoms with E-state index in [9.17, 15) is 9.50 Å². The summed E-state index contributed by atoms with van der Waals surface area (Å²) in [4.78, 5) is 0. The summed E-state index contributed by atoms with van der Waals surface area (Å²) in [5.41, 5.74) is -0.282. The summed E-state index contributed by atoms with van der Waals surface area (Å²) in [6.45, 7) is 5.10. The van der Waals surface area contributed by atoms with E-state index in [1.165, 1.54) is 6.07 Å². The van der Waals surface area contributed by atoms with E-state index in [1.54, 1.807) is 19.1 Å². The Morgan fingerprint density at radius 3 is 2.75 bits per heavy atom. The molecule has 1 aromatic carbocycles. The zero-order chi connectivity index (χ0) is 12.2. The summed E-state index contributed by atoms with van der Waals surface area (Å²) in [6.07, 6.45) is 1.02. The zero-order valence-electron chi connectivity index (χ0n) is 9.56. The second-order valence-electron chi connectivity index (χ2n) is 4.08. The van der Waals surface area contributed by atoms with Gasteiger partial charge < -0.3 is 10.4 Å². The fourth-order valence-electron chi connectivity index (χ4n) is 1.44. The van der Waals surface area contributed by atoms with Gasteiger partial charge in [0.1, 0.15) is 5.82 Å². The summed E-state index contributed by atoms with van der Waals surface area (Å²) >= 11 is 3.11. The van der Waals surface area contributed by atoms with Gasteiger partial charge in [0, 0.05) is 6.54 Å². The molecule has 0 amide bonds. The van der Waals surface area contributed by atoms with Crippen molar-refractivity contribution in [3.05, 3.63) is 34.1 Å². The van der Waals surface area contributed by atoms with Gasteiger partial charge in [-0.3, -0.25) is 0 Å². The van der Waals surface area contributed by atoms with Crippen LogP contribution in [0, 0.1) is 5.82 Å². The third kappa shape index (κ3) is 3.54. The van der Waals surface area contributed by atoms with E-state index in [2.05, 4.69) is 28.2 Å². The van der Waals surface area contributed by atoms with Crippen LogP contribution in [0.5, 0.6) is 0 Å². The molecule has 1 unspecified atom stereocenters. The van der Waals surface area contributed by atoms with Crippen molar-refractivity contribution in [2.45, 2.75) is 25.9 Å². The molecular weight excluding hydrogens is 273 g/mol. The maximum atomic E-state index is 13.0. The Morgan fingerprint density at radius 1 is 1.50 bits per heavy atom. The highest BCUT2D eigenvalue weighted by Gasteiger charge is 2.23. The molecular formula is C12H17BrFNO. The molecule has 1 atom stereocenters. The number of benzene rings is 1. The average molecular weight is 290 g/mol. The molecule has 0 saturated carbocycles. The van der Waals surface area contributed by atoms with Crippen molar-refractivity contribution >= 4 is 15.9 Å². The van der Waals surface area contributed by atoms with Gasteiger partial charge in [0.05, 0.1) is 10.1 Å². The smallest absolute Gasteiger partial charge is 0.137 e. The Kier molecular flexibility index (Phi) is 4.89. The van der Waals surface area contributed by atoms with E-state index in [0.717, 1.165) is 13.0 Å². The highest BCUT2D eigenvalue weighted by molar-refractivity contribution is 9.10. The minimum Gasteiger partial charge on any atom is -0.384 e. The molecule has 0 bridgehead atoms. The van der Waals surface area contributed by atoms with Crippen LogP contribution < -0.4 is 5.32 Å². The van der Waals surface area contributed by atoms with Crippen LogP contribution >= 0.6 is 15.9 Å². The summed E-state index contributed by atoms with van der Waals surface area (Å²) in [5, 5.41) is 13.4. The van der Waals surface area contributed by atoms with Crippen molar-refractivity contribution in [3.63, 3.8) is 0 Å². The van der Waals surface area contributed by atoms with E-state index in [1.807, 2.05) is 0 Å². The Bertz CT molecular complexity index is 355. The van der Waals surface area contributed by atoms with E-state index in [-0.39, 0.29) is 5.82 Å². The largest absolute Gasteiger partial charge is 0.384 e. The fraction of sp³-hybridized carbons (Fsp3) is 0.500. The van der Waals surface area contributed by atoms with Crippen molar-refractivity contribution < 1.29 is 9.50 Å². The van der Waals surface area contributed by atoms with Crippen molar-refractivity contribution in [1.82, 2.24) is 5.32 Å². The molecule has 0 heterocycles. The third-order valence-electron chi connectivity index (χ3n) is 2.44. The number of hydrogen-bond acceptors (Lipinski definition) is 2. The molecule has 2 nitrogen and oxygen atoms in total. The molecule has 4 heteroatoms. The van der Waals surface area contributed by atoms with Crippen molar-refractivity contribution in [3.8, 4) is 0 Å². The normalized spacial score (nSPS) is 14.8. The molecule has 90 valence electrons. The first-order valence-electron chi connectivity index (χ1n) is 5.36. The number of halogens is 2. The van der Waals surface area contributed by atoms with Gasteiger partial charge in [-0.05, 0) is 53.5 Å². The van der Waals surface area contributed by atoms with Gasteiger partial charge in [-0.1, -0.05) is 13.0 Å². The van der Waals surface area contributed by atoms with Crippen molar-refractivity contribution in [2.75, 3.05) is 13.1 Å². The van der Waals surface area contributed by atoms with Crippen LogP contribution in [0.1, 0.15) is 25.8 Å². The minimum absolute atomic E-state index is 0.318. The predicted molar refractivity (Wildman–Crippen MR) is 66.8 cm³/mol. The Morgan fingerprint density at radius 2 is 2.19 bits per heavy atom. The molecule has 1 rings (SSSR count). The van der Waals surface area contributed by atoms with Crippen molar-refractivity contribution in [1.29, 1.82) is 0 Å². The number of aliphatic hydroxyl groups is 1. The molecule has 0 saturated heterocycles. The number of rotatable bonds is 5. The summed E-state index contributed by atoms with van der Waals surface area (Å²) in [5.74, 6) is -0.318. The fourth-order valence-corrected chi connectivity index (χ4v) is 1.82. The molecule has 0 radical (unpaired) electrons. The van der Waals surface area contributed by atoms with Gasteiger partial charge in [0.15, 0.2) is 0 Å². The predicted octanol–water partition coefficient (Wildman–Crippen LogP) is 2.80. The number of hydrogen-bond donors (Lipinski definition) is 2. The number of nitrogens with one attached hydrogen (secondary N) is 1. The van der Waals surface area contributed by atoms with E-state index < -0.39 is 5.60 Å². The molecule has 1 aromatic rings. The highest BCUT2D eigenvalue weighted by atomic mass is 79.9. The summed E-state index contributed by atoms with van der Waals surface area (Å²) in [6, 6.07) is 4.57. The first-order chi connectivity index (χ1) is 7.47. The quantitative estimate of drug-likeness (QED) is 0.817. The molecule has 16 heavy (non-hydrogen) atoms. The molecule has 0 aliphatic rings. The van der Waals surface area contributed by atoms with E-state index in [4.69, 9.17) is 0 Å². The summed E-state index contributed by atoms with van der Waals surface area (Å²) < 4.78 is 13.4. The van der Waals surface area contributed by atoms with E-state index >= 15 is 0 Å². The SMILES string of the molecule is CCCNCC(C)(O)c1ccc(F)c(Br)c1. The van der Waals surface area contributed by atoms with Crippen LogP contribution in [0.2, 0.25) is 0 Å². The lowest BCUT2D eigenvalue weighted by Gasteiger charge is -2.24. The second kappa shape index (κ2) is 5.75. The topological polar surface area (TPSA) is 32.3 Å². The van der Waals surface area contributed by atoms with Crippen molar-refractivity contribution in [2.24, 2.45) is 0 Å². The Labute approximate surface area is 104 Å². The highest BCUT2D eigenvalue weighted by Crippen LogP contribution is 2.25. The molecule has 0 aliphatic heterocycles. The molecule has 2 N–H and O–H groups in total. The molecule has 0 fully saturated rings. The molecule has 0 aliphatic carbocycles. The average Bonchev–Trinajstić information content (AvgIpc) is 2.22. The Balaban J connectivity index is 2.76. The Hall–Kier alpha value is -0.450. The van der Waals surface area contributed by atoms with Crippen LogP contribution in [0.25, 0.3) is 0 Å². The van der Waals surface area contributed by atoms with Gasteiger partial charge in [-0.2, -0.15) is 0 Å². The van der Waals surface area contributed by atoms with E-state index in [0.29, 0.717) is 16.6 Å². The lowest BCUT2D eigenvalue weighted by atomic mass is 9.96. The van der Waals surface area contributed by atoms with Gasteiger partial charge in [0.25, 0.3) is 0 Å². The maximum Gasteiger partial charge on any atom is 0.137 e. The first kappa shape index (κ1) is 13.6. The van der Waals surface area contributed by atoms with Crippen LogP contribution in [0.4, 0.5) is 4.39 Å². The molecule has 0 spiro atoms. The first-order valence-corrected chi connectivity index (χ1v) is 6.15. The zero-order valence-corrected chi connectivity index (χ0v) is 11.1. The van der Waals surface area contributed by atoms with Crippen LogP contribution in [-0.4, -0.2) is 18.2 Å². The van der Waals surface area contributed by atoms with Gasteiger partial charge in [0.2, 0.25) is 0 Å². The standard InChI is InChI=1S/C12H17BrFNO/c1-3-6-15-8-12(2,16)9-4-5-11(14)10(13)7-9/h4-5,7,15-16H,3,6,8H2,1-2H3. The molecule has 0 aromatic heterocycles. The van der Waals surface area contributed by atoms with Crippen LogP contribution in [0.15, 0.2) is 22.7 Å². The summed E-state index contributed by atoms with van der Waals surface area (Å²) in [7, 11) is 0. The third-order valence-corrected chi connectivity index (χ3v) is 3.05. The van der Waals surface area contributed by atoms with Gasteiger partial charge in [-0.25, -0.2) is 4.39 Å².